The van der Waals surface area contributed by atoms with Crippen LogP contribution in [0.2, 0.25) is 0 Å². The van der Waals surface area contributed by atoms with E-state index < -0.39 is 0 Å². The quantitative estimate of drug-likeness (QED) is 0.684. The van der Waals surface area contributed by atoms with E-state index in [0.29, 0.717) is 30.9 Å². The van der Waals surface area contributed by atoms with E-state index in [0.717, 1.165) is 5.56 Å². The van der Waals surface area contributed by atoms with E-state index in [4.69, 9.17) is 0 Å². The van der Waals surface area contributed by atoms with Crippen molar-refractivity contribution in [3.63, 3.8) is 0 Å². The Bertz CT molecular complexity index is 855. The average molecular weight is 351 g/mol. The summed E-state index contributed by atoms with van der Waals surface area (Å²) < 4.78 is 13.5. The molecule has 0 saturated heterocycles. The van der Waals surface area contributed by atoms with Gasteiger partial charge in [0.05, 0.1) is 12.4 Å². The van der Waals surface area contributed by atoms with Crippen LogP contribution in [0.25, 0.3) is 0 Å². The second-order valence-corrected chi connectivity index (χ2v) is 5.60. The lowest BCUT2D eigenvalue weighted by molar-refractivity contribution is 0.0948. The van der Waals surface area contributed by atoms with Crippen molar-refractivity contribution in [2.45, 2.75) is 13.0 Å². The molecule has 0 spiro atoms. The smallest absolute Gasteiger partial charge is 0.271 e. The molecule has 1 amide bonds. The molecule has 3 rings (SSSR count). The van der Waals surface area contributed by atoms with Gasteiger partial charge in [0.1, 0.15) is 17.3 Å². The Balaban J connectivity index is 1.48. The number of nitrogens with zero attached hydrogens (tertiary/aromatic N) is 3. The first-order valence-corrected chi connectivity index (χ1v) is 8.19. The van der Waals surface area contributed by atoms with Gasteiger partial charge in [-0.3, -0.25) is 9.78 Å². The van der Waals surface area contributed by atoms with Gasteiger partial charge in [-0.05, 0) is 29.7 Å². The molecule has 2 heterocycles. The van der Waals surface area contributed by atoms with Crippen LogP contribution in [-0.2, 0) is 13.0 Å². The molecule has 0 saturated carbocycles. The Morgan fingerprint density at radius 2 is 1.92 bits per heavy atom. The van der Waals surface area contributed by atoms with Crippen molar-refractivity contribution in [3.05, 3.63) is 83.8 Å². The number of anilines is 1. The summed E-state index contributed by atoms with van der Waals surface area (Å²) in [7, 11) is 0. The number of hydrogen-bond donors (Lipinski definition) is 2. The Kier molecular flexibility index (Phi) is 5.82. The number of pyridine rings is 1. The van der Waals surface area contributed by atoms with Crippen molar-refractivity contribution in [2.24, 2.45) is 0 Å². The van der Waals surface area contributed by atoms with E-state index in [1.54, 1.807) is 30.6 Å². The maximum absolute atomic E-state index is 13.5. The third kappa shape index (κ3) is 4.83. The molecule has 0 aliphatic carbocycles. The van der Waals surface area contributed by atoms with E-state index >= 15 is 0 Å². The molecule has 0 radical (unpaired) electrons. The second-order valence-electron chi connectivity index (χ2n) is 5.60. The van der Waals surface area contributed by atoms with E-state index in [1.165, 1.54) is 18.5 Å². The zero-order chi connectivity index (χ0) is 18.2. The third-order valence-electron chi connectivity index (χ3n) is 3.72. The molecule has 2 N–H and O–H groups in total. The minimum absolute atomic E-state index is 0.213. The number of aromatic nitrogens is 3. The highest BCUT2D eigenvalue weighted by Crippen LogP contribution is 2.07. The first kappa shape index (κ1) is 17.5. The minimum atomic E-state index is -0.340. The molecule has 26 heavy (non-hydrogen) atoms. The molecular formula is C19H18FN5O. The summed E-state index contributed by atoms with van der Waals surface area (Å²) in [5.74, 6) is -0.0463. The van der Waals surface area contributed by atoms with Gasteiger partial charge in [-0.15, -0.1) is 0 Å². The van der Waals surface area contributed by atoms with Gasteiger partial charge in [-0.1, -0.05) is 24.3 Å². The predicted octanol–water partition coefficient (Wildman–Crippen LogP) is 2.60. The molecule has 1 aromatic carbocycles. The van der Waals surface area contributed by atoms with E-state index in [9.17, 15) is 9.18 Å². The highest BCUT2D eigenvalue weighted by atomic mass is 19.1. The topological polar surface area (TPSA) is 79.8 Å². The summed E-state index contributed by atoms with van der Waals surface area (Å²) in [6.45, 7) is 0.888. The first-order valence-electron chi connectivity index (χ1n) is 8.19. The van der Waals surface area contributed by atoms with Gasteiger partial charge in [-0.25, -0.2) is 14.4 Å². The van der Waals surface area contributed by atoms with Crippen LogP contribution in [0.3, 0.4) is 0 Å². The summed E-state index contributed by atoms with van der Waals surface area (Å²) >= 11 is 0. The molecule has 2 aromatic heterocycles. The van der Waals surface area contributed by atoms with Gasteiger partial charge in [0.25, 0.3) is 5.91 Å². The maximum atomic E-state index is 13.5. The predicted molar refractivity (Wildman–Crippen MR) is 96.0 cm³/mol. The molecule has 0 aliphatic heterocycles. The lowest BCUT2D eigenvalue weighted by Crippen LogP contribution is -2.27. The highest BCUT2D eigenvalue weighted by molar-refractivity contribution is 5.91. The molecule has 132 valence electrons. The molecule has 0 aliphatic rings. The molecule has 7 heteroatoms. The van der Waals surface area contributed by atoms with E-state index in [1.807, 2.05) is 12.1 Å². The van der Waals surface area contributed by atoms with Gasteiger partial charge in [-0.2, -0.15) is 0 Å². The fourth-order valence-corrected chi connectivity index (χ4v) is 2.33. The maximum Gasteiger partial charge on any atom is 0.271 e. The number of halogens is 1. The number of rotatable bonds is 7. The van der Waals surface area contributed by atoms with Crippen molar-refractivity contribution in [2.75, 3.05) is 11.9 Å². The van der Waals surface area contributed by atoms with Crippen molar-refractivity contribution in [1.82, 2.24) is 20.3 Å². The van der Waals surface area contributed by atoms with Gasteiger partial charge in [0, 0.05) is 25.5 Å². The summed E-state index contributed by atoms with van der Waals surface area (Å²) in [6, 6.07) is 10.3. The number of amides is 1. The summed E-state index contributed by atoms with van der Waals surface area (Å²) in [5.41, 5.74) is 1.79. The van der Waals surface area contributed by atoms with Crippen LogP contribution in [0.15, 0.2) is 61.2 Å². The highest BCUT2D eigenvalue weighted by Gasteiger charge is 2.08. The average Bonchev–Trinajstić information content (AvgIpc) is 2.69. The molecule has 0 atom stereocenters. The number of benzene rings is 1. The van der Waals surface area contributed by atoms with Crippen molar-refractivity contribution in [3.8, 4) is 0 Å². The third-order valence-corrected chi connectivity index (χ3v) is 3.72. The standard InChI is InChI=1S/C19H18FN5O/c20-16-6-2-1-5-15(16)7-9-22-19(26)17-12-25-18(13-23-17)24-11-14-4-3-8-21-10-14/h1-6,8,10,12-13H,7,9,11H2,(H,22,26)(H,24,25). The van der Waals surface area contributed by atoms with Crippen LogP contribution in [0.1, 0.15) is 21.6 Å². The van der Waals surface area contributed by atoms with Crippen LogP contribution in [-0.4, -0.2) is 27.4 Å². The second kappa shape index (κ2) is 8.66. The fourth-order valence-electron chi connectivity index (χ4n) is 2.33. The van der Waals surface area contributed by atoms with Crippen LogP contribution >= 0.6 is 0 Å². The number of carbonyl (C=O) groups excluding carboxylic acids is 1. The monoisotopic (exact) mass is 351 g/mol. The number of hydrogen-bond acceptors (Lipinski definition) is 5. The Morgan fingerprint density at radius 1 is 1.04 bits per heavy atom. The molecular weight excluding hydrogens is 333 g/mol. The Labute approximate surface area is 150 Å². The first-order chi connectivity index (χ1) is 12.7. The summed E-state index contributed by atoms with van der Waals surface area (Å²) in [6.07, 6.45) is 6.80. The lowest BCUT2D eigenvalue weighted by Gasteiger charge is -2.07. The van der Waals surface area contributed by atoms with Crippen LogP contribution in [0.4, 0.5) is 10.2 Å². The zero-order valence-corrected chi connectivity index (χ0v) is 14.0. The number of carbonyl (C=O) groups is 1. The number of nitrogens with one attached hydrogen (secondary N) is 2. The van der Waals surface area contributed by atoms with Gasteiger partial charge >= 0.3 is 0 Å². The molecule has 6 nitrogen and oxygen atoms in total. The Hall–Kier alpha value is -3.35. The van der Waals surface area contributed by atoms with Gasteiger partial charge < -0.3 is 10.6 Å². The zero-order valence-electron chi connectivity index (χ0n) is 14.0. The molecule has 0 unspecified atom stereocenters. The fraction of sp³-hybridized carbons (Fsp3) is 0.158. The molecule has 0 bridgehead atoms. The molecule has 3 aromatic rings. The summed E-state index contributed by atoms with van der Waals surface area (Å²) in [4.78, 5) is 24.4. The SMILES string of the molecule is O=C(NCCc1ccccc1F)c1cnc(NCc2cccnc2)cn1. The van der Waals surface area contributed by atoms with Crippen LogP contribution in [0.5, 0.6) is 0 Å². The largest absolute Gasteiger partial charge is 0.365 e. The molecule has 0 fully saturated rings. The van der Waals surface area contributed by atoms with Crippen molar-refractivity contribution < 1.29 is 9.18 Å². The lowest BCUT2D eigenvalue weighted by atomic mass is 10.1. The van der Waals surface area contributed by atoms with Crippen LogP contribution in [0, 0.1) is 5.82 Å². The van der Waals surface area contributed by atoms with Gasteiger partial charge in [0.2, 0.25) is 0 Å². The van der Waals surface area contributed by atoms with Crippen LogP contribution < -0.4 is 10.6 Å². The van der Waals surface area contributed by atoms with Crippen molar-refractivity contribution >= 4 is 11.7 Å². The normalized spacial score (nSPS) is 10.3. The Morgan fingerprint density at radius 3 is 2.65 bits per heavy atom. The minimum Gasteiger partial charge on any atom is -0.365 e. The van der Waals surface area contributed by atoms with E-state index in [2.05, 4.69) is 25.6 Å². The summed E-state index contributed by atoms with van der Waals surface area (Å²) in [5, 5.41) is 5.83. The van der Waals surface area contributed by atoms with Crippen molar-refractivity contribution in [1.29, 1.82) is 0 Å². The van der Waals surface area contributed by atoms with E-state index in [-0.39, 0.29) is 17.4 Å². The van der Waals surface area contributed by atoms with Gasteiger partial charge in [0.15, 0.2) is 0 Å².